The van der Waals surface area contributed by atoms with Crippen LogP contribution >= 0.6 is 11.8 Å². The Morgan fingerprint density at radius 2 is 2.20 bits per heavy atom. The molecule has 25 heavy (non-hydrogen) atoms. The van der Waals surface area contributed by atoms with E-state index in [4.69, 9.17) is 4.74 Å². The molecular formula is C16H15FN6OS. The van der Waals surface area contributed by atoms with Gasteiger partial charge in [-0.3, -0.25) is 0 Å². The van der Waals surface area contributed by atoms with Crippen LogP contribution in [0.5, 0.6) is 5.88 Å². The van der Waals surface area contributed by atoms with Crippen LogP contribution in [-0.2, 0) is 0 Å². The molecule has 1 atom stereocenters. The molecule has 0 N–H and O–H groups in total. The zero-order chi connectivity index (χ0) is 16.9. The van der Waals surface area contributed by atoms with Crippen LogP contribution in [0.1, 0.15) is 6.42 Å². The molecule has 1 unspecified atom stereocenters. The van der Waals surface area contributed by atoms with E-state index in [2.05, 4.69) is 25.2 Å². The van der Waals surface area contributed by atoms with Crippen LogP contribution in [0.25, 0.3) is 5.65 Å². The van der Waals surface area contributed by atoms with Crippen LogP contribution in [0.3, 0.4) is 0 Å². The van der Waals surface area contributed by atoms with Crippen LogP contribution in [-0.4, -0.2) is 54.5 Å². The molecule has 0 aromatic carbocycles. The van der Waals surface area contributed by atoms with E-state index >= 15 is 0 Å². The number of thioether (sulfide) groups is 1. The minimum Gasteiger partial charge on any atom is -0.471 e. The van der Waals surface area contributed by atoms with Crippen molar-refractivity contribution in [3.05, 3.63) is 42.6 Å². The smallest absolute Gasteiger partial charge is 0.250 e. The summed E-state index contributed by atoms with van der Waals surface area (Å²) in [6.45, 7) is 1.81. The molecule has 0 aliphatic carbocycles. The Labute approximate surface area is 147 Å². The van der Waals surface area contributed by atoms with Gasteiger partial charge in [-0.25, -0.2) is 9.37 Å². The average molecular weight is 358 g/mol. The van der Waals surface area contributed by atoms with E-state index in [-0.39, 0.29) is 16.7 Å². The molecule has 0 saturated carbocycles. The number of anilines is 1. The second kappa shape index (κ2) is 5.55. The summed E-state index contributed by atoms with van der Waals surface area (Å²) in [5.74, 6) is 1.46. The Balaban J connectivity index is 1.24. The number of nitrogens with zero attached hydrogens (tertiary/aromatic N) is 6. The first-order valence-corrected chi connectivity index (χ1v) is 9.03. The molecule has 0 bridgehead atoms. The summed E-state index contributed by atoms with van der Waals surface area (Å²) < 4.78 is 21.3. The first-order valence-electron chi connectivity index (χ1n) is 8.04. The van der Waals surface area contributed by atoms with Crippen LogP contribution in [0.4, 0.5) is 10.2 Å². The van der Waals surface area contributed by atoms with Gasteiger partial charge in [0.15, 0.2) is 11.5 Å². The third-order valence-corrected chi connectivity index (χ3v) is 6.18. The van der Waals surface area contributed by atoms with E-state index in [1.807, 2.05) is 23.9 Å². The molecular weight excluding hydrogens is 343 g/mol. The van der Waals surface area contributed by atoms with Gasteiger partial charge in [0.2, 0.25) is 0 Å². The van der Waals surface area contributed by atoms with Crippen molar-refractivity contribution in [2.75, 3.05) is 23.7 Å². The molecule has 2 fully saturated rings. The SMILES string of the molecule is Fc1cccnc1OC1CSC2(C1)CN(c1ccc3nncn3n1)C2. The third-order valence-electron chi connectivity index (χ3n) is 4.61. The zero-order valence-corrected chi connectivity index (χ0v) is 14.1. The quantitative estimate of drug-likeness (QED) is 0.707. The van der Waals surface area contributed by atoms with Gasteiger partial charge in [0.25, 0.3) is 5.88 Å². The lowest BCUT2D eigenvalue weighted by atomic mass is 9.93. The Bertz CT molecular complexity index is 928. The number of rotatable bonds is 3. The number of pyridine rings is 1. The van der Waals surface area contributed by atoms with Gasteiger partial charge in [0.05, 0.1) is 4.75 Å². The number of aromatic nitrogens is 5. The number of hydrogen-bond acceptors (Lipinski definition) is 7. The number of ether oxygens (including phenoxy) is 1. The first kappa shape index (κ1) is 14.9. The highest BCUT2D eigenvalue weighted by molar-refractivity contribution is 8.01. The fraction of sp³-hybridized carbons (Fsp3) is 0.375. The van der Waals surface area contributed by atoms with E-state index in [0.717, 1.165) is 36.7 Å². The highest BCUT2D eigenvalue weighted by Gasteiger charge is 2.50. The molecule has 9 heteroatoms. The van der Waals surface area contributed by atoms with E-state index in [9.17, 15) is 4.39 Å². The number of fused-ring (bicyclic) bond motifs is 1. The summed E-state index contributed by atoms with van der Waals surface area (Å²) in [6, 6.07) is 6.82. The van der Waals surface area contributed by atoms with E-state index in [1.165, 1.54) is 6.07 Å². The van der Waals surface area contributed by atoms with E-state index in [1.54, 1.807) is 23.1 Å². The van der Waals surface area contributed by atoms with Gasteiger partial charge in [0.1, 0.15) is 18.2 Å². The predicted octanol–water partition coefficient (Wildman–Crippen LogP) is 1.80. The molecule has 2 saturated heterocycles. The van der Waals surface area contributed by atoms with E-state index in [0.29, 0.717) is 0 Å². The Hall–Kier alpha value is -2.42. The number of hydrogen-bond donors (Lipinski definition) is 0. The topological polar surface area (TPSA) is 68.4 Å². The van der Waals surface area contributed by atoms with Gasteiger partial charge < -0.3 is 9.64 Å². The number of halogens is 1. The maximum Gasteiger partial charge on any atom is 0.250 e. The molecule has 1 spiro atoms. The molecule has 0 radical (unpaired) electrons. The van der Waals surface area contributed by atoms with Crippen molar-refractivity contribution in [2.45, 2.75) is 17.3 Å². The third kappa shape index (κ3) is 2.58. The summed E-state index contributed by atoms with van der Waals surface area (Å²) in [5, 5.41) is 12.3. The van der Waals surface area contributed by atoms with Gasteiger partial charge in [-0.05, 0) is 24.3 Å². The molecule has 5 heterocycles. The largest absolute Gasteiger partial charge is 0.471 e. The van der Waals surface area contributed by atoms with Gasteiger partial charge in [0, 0.05) is 31.5 Å². The maximum absolute atomic E-state index is 13.7. The van der Waals surface area contributed by atoms with Crippen molar-refractivity contribution < 1.29 is 9.13 Å². The second-order valence-electron chi connectivity index (χ2n) is 6.41. The lowest BCUT2D eigenvalue weighted by Gasteiger charge is -2.47. The predicted molar refractivity (Wildman–Crippen MR) is 91.4 cm³/mol. The van der Waals surface area contributed by atoms with Crippen molar-refractivity contribution in [3.8, 4) is 5.88 Å². The molecule has 0 amide bonds. The van der Waals surface area contributed by atoms with Gasteiger partial charge >= 0.3 is 0 Å². The fourth-order valence-electron chi connectivity index (χ4n) is 3.41. The molecule has 2 aliphatic heterocycles. The van der Waals surface area contributed by atoms with Crippen molar-refractivity contribution in [1.82, 2.24) is 24.8 Å². The lowest BCUT2D eigenvalue weighted by Crippen LogP contribution is -2.59. The average Bonchev–Trinajstić information content (AvgIpc) is 3.22. The highest BCUT2D eigenvalue weighted by Crippen LogP contribution is 2.47. The zero-order valence-electron chi connectivity index (χ0n) is 13.2. The summed E-state index contributed by atoms with van der Waals surface area (Å²) in [4.78, 5) is 6.21. The van der Waals surface area contributed by atoms with Gasteiger partial charge in [-0.15, -0.1) is 27.1 Å². The molecule has 5 rings (SSSR count). The van der Waals surface area contributed by atoms with Crippen LogP contribution in [0.15, 0.2) is 36.8 Å². The molecule has 128 valence electrons. The highest BCUT2D eigenvalue weighted by atomic mass is 32.2. The van der Waals surface area contributed by atoms with Gasteiger partial charge in [-0.2, -0.15) is 4.52 Å². The monoisotopic (exact) mass is 358 g/mol. The minimum absolute atomic E-state index is 0.00941. The standard InChI is InChI=1S/C16H15FN6OS/c17-12-2-1-5-18-15(12)24-11-6-16(25-7-11)8-22(9-16)14-4-3-13-20-19-10-23(13)21-14/h1-5,10-11H,6-9H2. The summed E-state index contributed by atoms with van der Waals surface area (Å²) >= 11 is 1.89. The van der Waals surface area contributed by atoms with Crippen molar-refractivity contribution >= 4 is 23.2 Å². The molecule has 2 aliphatic rings. The summed E-state index contributed by atoms with van der Waals surface area (Å²) in [7, 11) is 0. The first-order chi connectivity index (χ1) is 12.2. The molecule has 7 nitrogen and oxygen atoms in total. The van der Waals surface area contributed by atoms with Gasteiger partial charge in [-0.1, -0.05) is 0 Å². The van der Waals surface area contributed by atoms with Crippen LogP contribution in [0.2, 0.25) is 0 Å². The normalized spacial score (nSPS) is 21.6. The van der Waals surface area contributed by atoms with Crippen LogP contribution in [0, 0.1) is 5.82 Å². The maximum atomic E-state index is 13.7. The molecule has 3 aromatic heterocycles. The summed E-state index contributed by atoms with van der Waals surface area (Å²) in [5.41, 5.74) is 0.736. The minimum atomic E-state index is -0.407. The Kier molecular flexibility index (Phi) is 3.30. The van der Waals surface area contributed by atoms with Crippen molar-refractivity contribution in [1.29, 1.82) is 0 Å². The Morgan fingerprint density at radius 3 is 3.08 bits per heavy atom. The lowest BCUT2D eigenvalue weighted by molar-refractivity contribution is 0.185. The molecule has 3 aromatic rings. The van der Waals surface area contributed by atoms with Crippen molar-refractivity contribution in [2.24, 2.45) is 0 Å². The second-order valence-corrected chi connectivity index (χ2v) is 7.90. The summed E-state index contributed by atoms with van der Waals surface area (Å²) in [6.07, 6.45) is 4.03. The van der Waals surface area contributed by atoms with E-state index < -0.39 is 5.82 Å². The van der Waals surface area contributed by atoms with Crippen LogP contribution < -0.4 is 9.64 Å². The fourth-order valence-corrected chi connectivity index (χ4v) is 4.94. The van der Waals surface area contributed by atoms with Crippen molar-refractivity contribution in [3.63, 3.8) is 0 Å². The Morgan fingerprint density at radius 1 is 1.28 bits per heavy atom.